The number of nitrogens with one attached hydrogen (secondary N) is 1. The molecule has 3 heteroatoms. The molecule has 1 fully saturated rings. The summed E-state index contributed by atoms with van der Waals surface area (Å²) in [6.45, 7) is 6.87. The molecule has 1 aromatic heterocycles. The SMILES string of the molecule is CCCNCC1CCCc2sc(C3(C)CC3)nc21. The molecule has 2 nitrogen and oxygen atoms in total. The topological polar surface area (TPSA) is 24.9 Å². The monoisotopic (exact) mass is 264 g/mol. The van der Waals surface area contributed by atoms with E-state index in [4.69, 9.17) is 4.98 Å². The Morgan fingerprint density at radius 3 is 3.00 bits per heavy atom. The Morgan fingerprint density at radius 1 is 1.44 bits per heavy atom. The predicted molar refractivity (Wildman–Crippen MR) is 77.5 cm³/mol. The molecule has 3 rings (SSSR count). The lowest BCUT2D eigenvalue weighted by Gasteiger charge is -2.21. The molecule has 1 N–H and O–H groups in total. The van der Waals surface area contributed by atoms with E-state index in [1.54, 1.807) is 4.88 Å². The molecule has 0 radical (unpaired) electrons. The Kier molecular flexibility index (Phi) is 3.46. The number of thiazole rings is 1. The number of rotatable bonds is 5. The van der Waals surface area contributed by atoms with Gasteiger partial charge in [0.05, 0.1) is 10.7 Å². The van der Waals surface area contributed by atoms with Crippen molar-refractivity contribution in [1.82, 2.24) is 10.3 Å². The van der Waals surface area contributed by atoms with Crippen molar-refractivity contribution in [2.45, 2.75) is 63.7 Å². The minimum atomic E-state index is 0.448. The van der Waals surface area contributed by atoms with E-state index in [2.05, 4.69) is 19.2 Å². The summed E-state index contributed by atoms with van der Waals surface area (Å²) in [5.41, 5.74) is 1.89. The Labute approximate surface area is 114 Å². The van der Waals surface area contributed by atoms with Crippen LogP contribution in [0.4, 0.5) is 0 Å². The second-order valence-corrected chi connectivity index (χ2v) is 7.26. The zero-order chi connectivity index (χ0) is 12.6. The van der Waals surface area contributed by atoms with Crippen LogP contribution in [0.3, 0.4) is 0 Å². The molecule has 100 valence electrons. The van der Waals surface area contributed by atoms with Gasteiger partial charge in [-0.25, -0.2) is 4.98 Å². The number of hydrogen-bond acceptors (Lipinski definition) is 3. The van der Waals surface area contributed by atoms with Crippen LogP contribution in [-0.2, 0) is 11.8 Å². The van der Waals surface area contributed by atoms with E-state index in [0.717, 1.165) is 13.1 Å². The van der Waals surface area contributed by atoms with Gasteiger partial charge < -0.3 is 5.32 Å². The van der Waals surface area contributed by atoms with Crippen LogP contribution in [0.2, 0.25) is 0 Å². The Hall–Kier alpha value is -0.410. The summed E-state index contributed by atoms with van der Waals surface area (Å²) in [5.74, 6) is 0.674. The molecule has 1 aromatic rings. The molecule has 1 heterocycles. The Bertz CT molecular complexity index is 420. The number of hydrogen-bond donors (Lipinski definition) is 1. The maximum atomic E-state index is 5.02. The molecule has 18 heavy (non-hydrogen) atoms. The summed E-state index contributed by atoms with van der Waals surface area (Å²) < 4.78 is 0. The summed E-state index contributed by atoms with van der Waals surface area (Å²) in [7, 11) is 0. The second kappa shape index (κ2) is 4.93. The van der Waals surface area contributed by atoms with E-state index in [-0.39, 0.29) is 0 Å². The quantitative estimate of drug-likeness (QED) is 0.822. The lowest BCUT2D eigenvalue weighted by atomic mass is 9.91. The molecule has 0 amide bonds. The summed E-state index contributed by atoms with van der Waals surface area (Å²) in [4.78, 5) is 6.61. The zero-order valence-electron chi connectivity index (χ0n) is 11.6. The van der Waals surface area contributed by atoms with Crippen molar-refractivity contribution in [3.05, 3.63) is 15.6 Å². The predicted octanol–water partition coefficient (Wildman–Crippen LogP) is 3.61. The van der Waals surface area contributed by atoms with Crippen LogP contribution >= 0.6 is 11.3 Å². The molecule has 2 aliphatic rings. The van der Waals surface area contributed by atoms with Gasteiger partial charge in [0.2, 0.25) is 0 Å². The fourth-order valence-corrected chi connectivity index (χ4v) is 4.21. The molecule has 1 saturated carbocycles. The van der Waals surface area contributed by atoms with Gasteiger partial charge in [-0.3, -0.25) is 0 Å². The molecule has 1 unspecified atom stereocenters. The fraction of sp³-hybridized carbons (Fsp3) is 0.800. The minimum Gasteiger partial charge on any atom is -0.316 e. The van der Waals surface area contributed by atoms with Crippen molar-refractivity contribution in [2.24, 2.45) is 0 Å². The highest BCUT2D eigenvalue weighted by Crippen LogP contribution is 2.50. The molecule has 0 bridgehead atoms. The molecule has 0 spiro atoms. The highest BCUT2D eigenvalue weighted by atomic mass is 32.1. The molecule has 0 saturated heterocycles. The minimum absolute atomic E-state index is 0.448. The largest absolute Gasteiger partial charge is 0.316 e. The molecule has 1 atom stereocenters. The molecule has 0 aromatic carbocycles. The second-order valence-electron chi connectivity index (χ2n) is 6.18. The fourth-order valence-electron chi connectivity index (χ4n) is 2.82. The van der Waals surface area contributed by atoms with Crippen LogP contribution in [0.15, 0.2) is 0 Å². The lowest BCUT2D eigenvalue weighted by molar-refractivity contribution is 0.500. The number of aromatic nitrogens is 1. The summed E-state index contributed by atoms with van der Waals surface area (Å²) in [6, 6.07) is 0. The van der Waals surface area contributed by atoms with Crippen molar-refractivity contribution in [1.29, 1.82) is 0 Å². The standard InChI is InChI=1S/C15H24N2S/c1-3-9-16-10-11-5-4-6-12-13(11)17-14(18-12)15(2)7-8-15/h11,16H,3-10H2,1-2H3. The molecule has 2 aliphatic carbocycles. The average molecular weight is 264 g/mol. The Balaban J connectivity index is 1.75. The molecular formula is C15H24N2S. The third-order valence-electron chi connectivity index (χ3n) is 4.40. The van der Waals surface area contributed by atoms with E-state index >= 15 is 0 Å². The maximum absolute atomic E-state index is 5.02. The van der Waals surface area contributed by atoms with Gasteiger partial charge in [0.15, 0.2) is 0 Å². The van der Waals surface area contributed by atoms with Crippen molar-refractivity contribution < 1.29 is 0 Å². The van der Waals surface area contributed by atoms with E-state index in [1.165, 1.54) is 49.2 Å². The lowest BCUT2D eigenvalue weighted by Crippen LogP contribution is -2.25. The van der Waals surface area contributed by atoms with Gasteiger partial charge in [-0.05, 0) is 45.1 Å². The van der Waals surface area contributed by atoms with E-state index < -0.39 is 0 Å². The van der Waals surface area contributed by atoms with Gasteiger partial charge >= 0.3 is 0 Å². The first-order valence-electron chi connectivity index (χ1n) is 7.44. The smallest absolute Gasteiger partial charge is 0.0990 e. The summed E-state index contributed by atoms with van der Waals surface area (Å²) in [6.07, 6.45) is 7.86. The highest BCUT2D eigenvalue weighted by Gasteiger charge is 2.43. The third-order valence-corrected chi connectivity index (χ3v) is 5.84. The maximum Gasteiger partial charge on any atom is 0.0990 e. The van der Waals surface area contributed by atoms with E-state index in [9.17, 15) is 0 Å². The van der Waals surface area contributed by atoms with Crippen molar-refractivity contribution in [3.63, 3.8) is 0 Å². The zero-order valence-corrected chi connectivity index (χ0v) is 12.4. The first kappa shape index (κ1) is 12.6. The first-order chi connectivity index (χ1) is 8.73. The number of nitrogens with zero attached hydrogens (tertiary/aromatic N) is 1. The number of fused-ring (bicyclic) bond motifs is 1. The van der Waals surface area contributed by atoms with Gasteiger partial charge in [-0.2, -0.15) is 0 Å². The van der Waals surface area contributed by atoms with Crippen LogP contribution in [0, 0.1) is 0 Å². The molecule has 0 aliphatic heterocycles. The van der Waals surface area contributed by atoms with Gasteiger partial charge in [0, 0.05) is 22.8 Å². The van der Waals surface area contributed by atoms with Gasteiger partial charge in [0.1, 0.15) is 0 Å². The normalized spacial score (nSPS) is 24.9. The van der Waals surface area contributed by atoms with Gasteiger partial charge in [-0.15, -0.1) is 11.3 Å². The van der Waals surface area contributed by atoms with Crippen LogP contribution < -0.4 is 5.32 Å². The first-order valence-corrected chi connectivity index (χ1v) is 8.25. The van der Waals surface area contributed by atoms with Crippen LogP contribution in [0.25, 0.3) is 0 Å². The van der Waals surface area contributed by atoms with Gasteiger partial charge in [-0.1, -0.05) is 13.8 Å². The van der Waals surface area contributed by atoms with E-state index in [1.807, 2.05) is 11.3 Å². The van der Waals surface area contributed by atoms with Crippen LogP contribution in [-0.4, -0.2) is 18.1 Å². The third kappa shape index (κ3) is 2.35. The van der Waals surface area contributed by atoms with Crippen LogP contribution in [0.5, 0.6) is 0 Å². The van der Waals surface area contributed by atoms with Crippen molar-refractivity contribution >= 4 is 11.3 Å². The summed E-state index contributed by atoms with van der Waals surface area (Å²) in [5, 5.41) is 5.00. The van der Waals surface area contributed by atoms with E-state index in [0.29, 0.717) is 11.3 Å². The van der Waals surface area contributed by atoms with Crippen molar-refractivity contribution in [3.8, 4) is 0 Å². The Morgan fingerprint density at radius 2 is 2.28 bits per heavy atom. The average Bonchev–Trinajstić information content (AvgIpc) is 2.96. The summed E-state index contributed by atoms with van der Waals surface area (Å²) >= 11 is 2.01. The van der Waals surface area contributed by atoms with Gasteiger partial charge in [0.25, 0.3) is 0 Å². The molecular weight excluding hydrogens is 240 g/mol. The van der Waals surface area contributed by atoms with Crippen molar-refractivity contribution in [2.75, 3.05) is 13.1 Å². The number of aryl methyl sites for hydroxylation is 1. The van der Waals surface area contributed by atoms with Crippen LogP contribution in [0.1, 0.15) is 67.4 Å². The highest BCUT2D eigenvalue weighted by molar-refractivity contribution is 7.12.